The van der Waals surface area contributed by atoms with Gasteiger partial charge in [-0.15, -0.1) is 11.8 Å². The molecule has 0 aliphatic carbocycles. The second-order valence-corrected chi connectivity index (χ2v) is 4.98. The fraction of sp³-hybridized carbons (Fsp3) is 0.364. The number of rotatable bonds is 4. The van der Waals surface area contributed by atoms with E-state index in [1.807, 2.05) is 6.92 Å². The molecule has 0 amide bonds. The van der Waals surface area contributed by atoms with Gasteiger partial charge in [-0.05, 0) is 19.1 Å². The molecule has 2 unspecified atom stereocenters. The summed E-state index contributed by atoms with van der Waals surface area (Å²) in [5, 5.41) is 18.3. The molecule has 1 rings (SSSR count). The summed E-state index contributed by atoms with van der Waals surface area (Å²) in [7, 11) is 0. The van der Waals surface area contributed by atoms with Crippen LogP contribution in [0.2, 0.25) is 0 Å². The number of thioether (sulfide) groups is 1. The van der Waals surface area contributed by atoms with E-state index < -0.39 is 12.1 Å². The number of benzene rings is 1. The highest BCUT2D eigenvalue weighted by Crippen LogP contribution is 2.33. The molecule has 1 aromatic rings. The zero-order valence-corrected chi connectivity index (χ0v) is 9.99. The first-order chi connectivity index (χ1) is 7.43. The molecule has 16 heavy (non-hydrogen) atoms. The highest BCUT2D eigenvalue weighted by Gasteiger charge is 2.18. The summed E-state index contributed by atoms with van der Waals surface area (Å²) < 4.78 is 0. The van der Waals surface area contributed by atoms with Crippen molar-refractivity contribution >= 4 is 23.4 Å². The Kier molecular flexibility index (Phi) is 4.20. The minimum absolute atomic E-state index is 0.109. The van der Waals surface area contributed by atoms with E-state index in [2.05, 4.69) is 0 Å². The van der Waals surface area contributed by atoms with Crippen molar-refractivity contribution in [2.75, 3.05) is 5.73 Å². The lowest BCUT2D eigenvalue weighted by molar-refractivity contribution is 0.0693. The number of hydrogen-bond donors (Lipinski definition) is 3. The van der Waals surface area contributed by atoms with Crippen LogP contribution >= 0.6 is 11.8 Å². The van der Waals surface area contributed by atoms with Gasteiger partial charge in [0.1, 0.15) is 0 Å². The molecule has 5 heteroatoms. The first-order valence-corrected chi connectivity index (χ1v) is 5.78. The third kappa shape index (κ3) is 2.90. The summed E-state index contributed by atoms with van der Waals surface area (Å²) in [6.45, 7) is 3.49. The molecule has 0 spiro atoms. The lowest BCUT2D eigenvalue weighted by Crippen LogP contribution is -2.16. The van der Waals surface area contributed by atoms with Gasteiger partial charge in [0, 0.05) is 15.8 Å². The number of aliphatic hydroxyl groups excluding tert-OH is 1. The first-order valence-electron chi connectivity index (χ1n) is 4.90. The quantitative estimate of drug-likeness (QED) is 0.553. The maximum absolute atomic E-state index is 11.0. The SMILES string of the molecule is CC(O)C(C)Sc1c(N)cccc1C(=O)O. The van der Waals surface area contributed by atoms with Crippen molar-refractivity contribution in [1.82, 2.24) is 0 Å². The molecule has 0 bridgehead atoms. The molecule has 0 aliphatic heterocycles. The average Bonchev–Trinajstić information content (AvgIpc) is 2.20. The van der Waals surface area contributed by atoms with E-state index in [0.717, 1.165) is 0 Å². The summed E-state index contributed by atoms with van der Waals surface area (Å²) in [6, 6.07) is 4.77. The Morgan fingerprint density at radius 3 is 2.56 bits per heavy atom. The van der Waals surface area contributed by atoms with Crippen molar-refractivity contribution in [3.8, 4) is 0 Å². The Bertz CT molecular complexity index is 393. The highest BCUT2D eigenvalue weighted by atomic mass is 32.2. The van der Waals surface area contributed by atoms with E-state index in [0.29, 0.717) is 10.6 Å². The van der Waals surface area contributed by atoms with E-state index in [9.17, 15) is 9.90 Å². The topological polar surface area (TPSA) is 83.5 Å². The maximum Gasteiger partial charge on any atom is 0.336 e. The van der Waals surface area contributed by atoms with Crippen molar-refractivity contribution in [2.45, 2.75) is 30.1 Å². The van der Waals surface area contributed by atoms with Gasteiger partial charge in [0.25, 0.3) is 0 Å². The van der Waals surface area contributed by atoms with Gasteiger partial charge >= 0.3 is 5.97 Å². The van der Waals surface area contributed by atoms with E-state index in [1.54, 1.807) is 19.1 Å². The van der Waals surface area contributed by atoms with Crippen LogP contribution in [-0.4, -0.2) is 27.5 Å². The number of anilines is 1. The number of carbonyl (C=O) groups is 1. The van der Waals surface area contributed by atoms with Gasteiger partial charge in [-0.2, -0.15) is 0 Å². The number of hydrogen-bond acceptors (Lipinski definition) is 4. The number of carboxylic acid groups (broad SMARTS) is 1. The minimum atomic E-state index is -1.01. The molecule has 0 saturated heterocycles. The zero-order chi connectivity index (χ0) is 12.3. The van der Waals surface area contributed by atoms with Gasteiger partial charge in [0.15, 0.2) is 0 Å². The van der Waals surface area contributed by atoms with Crippen molar-refractivity contribution in [3.05, 3.63) is 23.8 Å². The van der Waals surface area contributed by atoms with Crippen LogP contribution in [0.15, 0.2) is 23.1 Å². The van der Waals surface area contributed by atoms with Crippen molar-refractivity contribution < 1.29 is 15.0 Å². The molecule has 4 N–H and O–H groups in total. The van der Waals surface area contributed by atoms with Crippen LogP contribution in [0, 0.1) is 0 Å². The summed E-state index contributed by atoms with van der Waals surface area (Å²) in [5.74, 6) is -1.01. The molecule has 4 nitrogen and oxygen atoms in total. The monoisotopic (exact) mass is 241 g/mol. The Hall–Kier alpha value is -1.20. The predicted octanol–water partition coefficient (Wildman–Crippen LogP) is 1.83. The predicted molar refractivity (Wildman–Crippen MR) is 64.8 cm³/mol. The largest absolute Gasteiger partial charge is 0.478 e. The van der Waals surface area contributed by atoms with Crippen LogP contribution in [0.1, 0.15) is 24.2 Å². The van der Waals surface area contributed by atoms with Crippen LogP contribution in [0.4, 0.5) is 5.69 Å². The number of carboxylic acids is 1. The van der Waals surface area contributed by atoms with Crippen LogP contribution in [0.3, 0.4) is 0 Å². The van der Waals surface area contributed by atoms with Gasteiger partial charge in [0.2, 0.25) is 0 Å². The standard InChI is InChI=1S/C11H15NO3S/c1-6(13)7(2)16-10-8(11(14)15)4-3-5-9(10)12/h3-7,13H,12H2,1-2H3,(H,14,15). The molecule has 0 aliphatic rings. The van der Waals surface area contributed by atoms with E-state index in [4.69, 9.17) is 10.8 Å². The molecule has 0 heterocycles. The molecule has 0 fully saturated rings. The number of nitrogens with two attached hydrogens (primary N) is 1. The number of aliphatic hydroxyl groups is 1. The second kappa shape index (κ2) is 5.23. The van der Waals surface area contributed by atoms with Crippen LogP contribution in [0.25, 0.3) is 0 Å². The summed E-state index contributed by atoms with van der Waals surface area (Å²) in [6.07, 6.45) is -0.522. The van der Waals surface area contributed by atoms with E-state index in [1.165, 1.54) is 17.8 Å². The molecule has 1 aromatic carbocycles. The van der Waals surface area contributed by atoms with Crippen LogP contribution < -0.4 is 5.73 Å². The fourth-order valence-electron chi connectivity index (χ4n) is 1.14. The molecule has 0 aromatic heterocycles. The first kappa shape index (κ1) is 12.9. The van der Waals surface area contributed by atoms with Gasteiger partial charge in [0.05, 0.1) is 11.7 Å². The highest BCUT2D eigenvalue weighted by molar-refractivity contribution is 8.00. The third-order valence-corrected chi connectivity index (χ3v) is 3.72. The van der Waals surface area contributed by atoms with E-state index >= 15 is 0 Å². The average molecular weight is 241 g/mol. The molecule has 0 radical (unpaired) electrons. The lowest BCUT2D eigenvalue weighted by atomic mass is 10.2. The number of nitrogen functional groups attached to an aromatic ring is 1. The Morgan fingerprint density at radius 2 is 2.06 bits per heavy atom. The lowest BCUT2D eigenvalue weighted by Gasteiger charge is -2.16. The van der Waals surface area contributed by atoms with Crippen molar-refractivity contribution in [2.24, 2.45) is 0 Å². The zero-order valence-electron chi connectivity index (χ0n) is 9.18. The Balaban J connectivity index is 3.06. The van der Waals surface area contributed by atoms with Crippen LogP contribution in [-0.2, 0) is 0 Å². The van der Waals surface area contributed by atoms with Gasteiger partial charge in [-0.3, -0.25) is 0 Å². The maximum atomic E-state index is 11.0. The Labute approximate surface area is 98.5 Å². The Morgan fingerprint density at radius 1 is 1.44 bits per heavy atom. The molecular weight excluding hydrogens is 226 g/mol. The smallest absolute Gasteiger partial charge is 0.336 e. The molecule has 0 saturated carbocycles. The summed E-state index contributed by atoms with van der Waals surface area (Å²) in [5.41, 5.74) is 6.35. The van der Waals surface area contributed by atoms with Crippen molar-refractivity contribution in [1.29, 1.82) is 0 Å². The molecule has 88 valence electrons. The van der Waals surface area contributed by atoms with E-state index in [-0.39, 0.29) is 10.8 Å². The van der Waals surface area contributed by atoms with Gasteiger partial charge < -0.3 is 15.9 Å². The molecular formula is C11H15NO3S. The summed E-state index contributed by atoms with van der Waals surface area (Å²) >= 11 is 1.28. The second-order valence-electron chi connectivity index (χ2n) is 3.59. The van der Waals surface area contributed by atoms with Crippen LogP contribution in [0.5, 0.6) is 0 Å². The minimum Gasteiger partial charge on any atom is -0.478 e. The van der Waals surface area contributed by atoms with Gasteiger partial charge in [-0.1, -0.05) is 13.0 Å². The fourth-order valence-corrected chi connectivity index (χ4v) is 2.19. The van der Waals surface area contributed by atoms with Gasteiger partial charge in [-0.25, -0.2) is 4.79 Å². The normalized spacial score (nSPS) is 14.4. The van der Waals surface area contributed by atoms with Crippen molar-refractivity contribution in [3.63, 3.8) is 0 Å². The number of aromatic carboxylic acids is 1. The third-order valence-electron chi connectivity index (χ3n) is 2.26. The molecule has 2 atom stereocenters. The summed E-state index contributed by atoms with van der Waals surface area (Å²) in [4.78, 5) is 11.5.